The zero-order valence-corrected chi connectivity index (χ0v) is 15.0. The Balaban J connectivity index is 1.93. The summed E-state index contributed by atoms with van der Waals surface area (Å²) >= 11 is 9.36. The van der Waals surface area contributed by atoms with Crippen LogP contribution in [0.2, 0.25) is 5.02 Å². The van der Waals surface area contributed by atoms with Gasteiger partial charge in [-0.25, -0.2) is 0 Å². The number of hydrogen-bond donors (Lipinski definition) is 1. The van der Waals surface area contributed by atoms with Crippen molar-refractivity contribution in [3.05, 3.63) is 57.0 Å². The topological polar surface area (TPSA) is 51.0 Å². The molecule has 0 heterocycles. The Morgan fingerprint density at radius 2 is 1.87 bits per heavy atom. The third-order valence-corrected chi connectivity index (χ3v) is 3.97. The molecule has 0 bridgehead atoms. The first kappa shape index (κ1) is 17.6. The molecule has 0 saturated heterocycles. The summed E-state index contributed by atoms with van der Waals surface area (Å²) in [5.74, 6) is 1.36. The molecule has 0 aliphatic heterocycles. The molecule has 1 N–H and O–H groups in total. The smallest absolute Gasteiger partial charge is 0.142 e. The van der Waals surface area contributed by atoms with Gasteiger partial charge in [0.1, 0.15) is 24.7 Å². The molecule has 122 valence electrons. The maximum absolute atomic E-state index is 8.72. The van der Waals surface area contributed by atoms with Crippen LogP contribution in [0.4, 0.5) is 0 Å². The van der Waals surface area contributed by atoms with Crippen molar-refractivity contribution >= 4 is 33.7 Å². The summed E-state index contributed by atoms with van der Waals surface area (Å²) in [7, 11) is 0. The number of benzene rings is 2. The molecule has 2 aromatic carbocycles. The molecule has 0 spiro atoms. The van der Waals surface area contributed by atoms with E-state index < -0.39 is 0 Å². The molecule has 2 rings (SSSR count). The van der Waals surface area contributed by atoms with Gasteiger partial charge in [-0.2, -0.15) is 0 Å². The molecule has 0 aromatic heterocycles. The molecule has 23 heavy (non-hydrogen) atoms. The maximum atomic E-state index is 8.72. The molecule has 0 saturated carbocycles. The third-order valence-electron chi connectivity index (χ3n) is 3.16. The second-order valence-electron chi connectivity index (χ2n) is 4.74. The average molecular weight is 399 g/mol. The van der Waals surface area contributed by atoms with E-state index in [2.05, 4.69) is 28.0 Å². The highest BCUT2D eigenvalue weighted by atomic mass is 79.9. The largest absolute Gasteiger partial charge is 0.490 e. The van der Waals surface area contributed by atoms with Gasteiger partial charge in [0, 0.05) is 10.6 Å². The summed E-state index contributed by atoms with van der Waals surface area (Å²) < 4.78 is 12.0. The standard InChI is InChI=1S/C17H17BrClNO3/c1-2-12-3-5-15(6-4-12)22-7-8-23-17-13(11-20-21)9-14(19)10-16(17)18/h3-6,9-11,21H,2,7-8H2,1H3. The zero-order chi connectivity index (χ0) is 16.7. The molecule has 6 heteroatoms. The van der Waals surface area contributed by atoms with Crippen LogP contribution in [0.3, 0.4) is 0 Å². The Morgan fingerprint density at radius 3 is 2.52 bits per heavy atom. The fraction of sp³-hybridized carbons (Fsp3) is 0.235. The molecular formula is C17H17BrClNO3. The van der Waals surface area contributed by atoms with Gasteiger partial charge in [0.05, 0.1) is 10.7 Å². The van der Waals surface area contributed by atoms with E-state index >= 15 is 0 Å². The molecule has 0 aliphatic rings. The Labute approximate surface area is 148 Å². The monoisotopic (exact) mass is 397 g/mol. The predicted molar refractivity (Wildman–Crippen MR) is 95.3 cm³/mol. The van der Waals surface area contributed by atoms with Crippen LogP contribution in [0, 0.1) is 0 Å². The molecular weight excluding hydrogens is 382 g/mol. The number of nitrogens with zero attached hydrogens (tertiary/aromatic N) is 1. The SMILES string of the molecule is CCc1ccc(OCCOc2c(Br)cc(Cl)cc2C=NO)cc1. The number of ether oxygens (including phenoxy) is 2. The second kappa shape index (κ2) is 8.79. The van der Waals surface area contributed by atoms with E-state index in [9.17, 15) is 0 Å². The quantitative estimate of drug-likeness (QED) is 0.311. The zero-order valence-electron chi connectivity index (χ0n) is 12.6. The molecule has 0 aliphatic carbocycles. The van der Waals surface area contributed by atoms with Crippen molar-refractivity contribution in [2.45, 2.75) is 13.3 Å². The molecule has 0 unspecified atom stereocenters. The minimum absolute atomic E-state index is 0.349. The van der Waals surface area contributed by atoms with Crippen LogP contribution in [0.5, 0.6) is 11.5 Å². The average Bonchev–Trinajstić information content (AvgIpc) is 2.54. The Morgan fingerprint density at radius 1 is 1.17 bits per heavy atom. The van der Waals surface area contributed by atoms with E-state index in [1.54, 1.807) is 12.1 Å². The van der Waals surface area contributed by atoms with E-state index in [4.69, 9.17) is 26.3 Å². The van der Waals surface area contributed by atoms with Crippen molar-refractivity contribution in [2.24, 2.45) is 5.16 Å². The number of hydrogen-bond acceptors (Lipinski definition) is 4. The Bertz CT molecular complexity index is 674. The van der Waals surface area contributed by atoms with Crippen molar-refractivity contribution in [1.82, 2.24) is 0 Å². The number of halogens is 2. The summed E-state index contributed by atoms with van der Waals surface area (Å²) in [6, 6.07) is 11.4. The van der Waals surface area contributed by atoms with Gasteiger partial charge >= 0.3 is 0 Å². The van der Waals surface area contributed by atoms with Gasteiger partial charge in [0.15, 0.2) is 0 Å². The van der Waals surface area contributed by atoms with Gasteiger partial charge in [-0.05, 0) is 52.2 Å². The molecule has 4 nitrogen and oxygen atoms in total. The van der Waals surface area contributed by atoms with E-state index in [1.807, 2.05) is 24.3 Å². The number of oxime groups is 1. The minimum Gasteiger partial charge on any atom is -0.490 e. The third kappa shape index (κ3) is 5.15. The predicted octanol–water partition coefficient (Wildman–Crippen LogP) is 4.93. The summed E-state index contributed by atoms with van der Waals surface area (Å²) in [5.41, 5.74) is 1.85. The van der Waals surface area contributed by atoms with Crippen molar-refractivity contribution in [1.29, 1.82) is 0 Å². The van der Waals surface area contributed by atoms with Crippen LogP contribution < -0.4 is 9.47 Å². The van der Waals surface area contributed by atoms with Gasteiger partial charge < -0.3 is 14.7 Å². The van der Waals surface area contributed by atoms with E-state index in [-0.39, 0.29) is 0 Å². The van der Waals surface area contributed by atoms with Gasteiger partial charge in [0.25, 0.3) is 0 Å². The number of aryl methyl sites for hydroxylation is 1. The molecule has 0 fully saturated rings. The fourth-order valence-corrected chi connectivity index (χ4v) is 2.96. The number of rotatable bonds is 7. The highest BCUT2D eigenvalue weighted by Crippen LogP contribution is 2.31. The summed E-state index contributed by atoms with van der Waals surface area (Å²) in [4.78, 5) is 0. The van der Waals surface area contributed by atoms with Crippen molar-refractivity contribution in [3.8, 4) is 11.5 Å². The first-order valence-electron chi connectivity index (χ1n) is 7.15. The van der Waals surface area contributed by atoms with Crippen LogP contribution in [-0.4, -0.2) is 24.6 Å². The van der Waals surface area contributed by atoms with E-state index in [0.717, 1.165) is 12.2 Å². The first-order chi connectivity index (χ1) is 11.1. The van der Waals surface area contributed by atoms with Crippen LogP contribution in [-0.2, 0) is 6.42 Å². The van der Waals surface area contributed by atoms with E-state index in [0.29, 0.717) is 34.0 Å². The summed E-state index contributed by atoms with van der Waals surface area (Å²) in [5, 5.41) is 12.3. The normalized spacial score (nSPS) is 10.9. The van der Waals surface area contributed by atoms with Crippen LogP contribution >= 0.6 is 27.5 Å². The van der Waals surface area contributed by atoms with E-state index in [1.165, 1.54) is 11.8 Å². The molecule has 2 aromatic rings. The lowest BCUT2D eigenvalue weighted by atomic mass is 10.2. The van der Waals surface area contributed by atoms with Gasteiger partial charge in [-0.1, -0.05) is 35.8 Å². The van der Waals surface area contributed by atoms with Crippen molar-refractivity contribution < 1.29 is 14.7 Å². The van der Waals surface area contributed by atoms with Gasteiger partial charge in [-0.3, -0.25) is 0 Å². The minimum atomic E-state index is 0.349. The van der Waals surface area contributed by atoms with Crippen LogP contribution in [0.25, 0.3) is 0 Å². The summed E-state index contributed by atoms with van der Waals surface area (Å²) in [6.07, 6.45) is 2.28. The second-order valence-corrected chi connectivity index (χ2v) is 6.04. The van der Waals surface area contributed by atoms with Gasteiger partial charge in [0.2, 0.25) is 0 Å². The summed E-state index contributed by atoms with van der Waals surface area (Å²) in [6.45, 7) is 2.86. The molecule has 0 amide bonds. The van der Waals surface area contributed by atoms with Gasteiger partial charge in [-0.15, -0.1) is 0 Å². The lowest BCUT2D eigenvalue weighted by Gasteiger charge is -2.12. The van der Waals surface area contributed by atoms with Crippen LogP contribution in [0.1, 0.15) is 18.1 Å². The molecule has 0 atom stereocenters. The lowest BCUT2D eigenvalue weighted by molar-refractivity contribution is 0.216. The van der Waals surface area contributed by atoms with Crippen molar-refractivity contribution in [2.75, 3.05) is 13.2 Å². The lowest BCUT2D eigenvalue weighted by Crippen LogP contribution is -2.10. The maximum Gasteiger partial charge on any atom is 0.142 e. The first-order valence-corrected chi connectivity index (χ1v) is 8.32. The Kier molecular flexibility index (Phi) is 6.74. The fourth-order valence-electron chi connectivity index (χ4n) is 2.02. The van der Waals surface area contributed by atoms with Crippen LogP contribution in [0.15, 0.2) is 46.0 Å². The highest BCUT2D eigenvalue weighted by Gasteiger charge is 2.09. The Hall–Kier alpha value is -1.72. The highest BCUT2D eigenvalue weighted by molar-refractivity contribution is 9.10. The molecule has 0 radical (unpaired) electrons. The van der Waals surface area contributed by atoms with Crippen molar-refractivity contribution in [3.63, 3.8) is 0 Å².